The van der Waals surface area contributed by atoms with Gasteiger partial charge in [-0.05, 0) is 36.7 Å². The summed E-state index contributed by atoms with van der Waals surface area (Å²) in [6.07, 6.45) is -3.07. The van der Waals surface area contributed by atoms with E-state index in [9.17, 15) is 18.0 Å². The van der Waals surface area contributed by atoms with Crippen molar-refractivity contribution >= 4 is 11.5 Å². The van der Waals surface area contributed by atoms with Crippen molar-refractivity contribution in [2.45, 2.75) is 39.4 Å². The lowest BCUT2D eigenvalue weighted by molar-refractivity contribution is -0.115. The molecular weight excluding hydrogens is 317 g/mol. The number of nitrogens with one attached hydrogen (secondary N) is 2. The van der Waals surface area contributed by atoms with Crippen molar-refractivity contribution in [1.29, 1.82) is 0 Å². The molecule has 1 aromatic carbocycles. The van der Waals surface area contributed by atoms with E-state index in [1.165, 1.54) is 0 Å². The lowest BCUT2D eigenvalue weighted by Crippen LogP contribution is -2.16. The van der Waals surface area contributed by atoms with Crippen molar-refractivity contribution in [3.8, 4) is 0 Å². The maximum atomic E-state index is 12.7. The van der Waals surface area contributed by atoms with E-state index >= 15 is 0 Å². The van der Waals surface area contributed by atoms with Gasteiger partial charge in [0.25, 0.3) is 0 Å². The first-order valence-corrected chi connectivity index (χ1v) is 7.85. The van der Waals surface area contributed by atoms with E-state index in [1.54, 1.807) is 25.1 Å². The van der Waals surface area contributed by atoms with Gasteiger partial charge in [-0.1, -0.05) is 32.6 Å². The normalized spacial score (nSPS) is 12.1. The van der Waals surface area contributed by atoms with Crippen LogP contribution in [0.15, 0.2) is 48.2 Å². The summed E-state index contributed by atoms with van der Waals surface area (Å²) < 4.78 is 38.1. The highest BCUT2D eigenvalue weighted by molar-refractivity contribution is 5.98. The van der Waals surface area contributed by atoms with Crippen LogP contribution < -0.4 is 10.6 Å². The first-order valence-electron chi connectivity index (χ1n) is 7.85. The number of carbonyl (C=O) groups is 1. The number of alkyl halides is 3. The van der Waals surface area contributed by atoms with Gasteiger partial charge in [-0.15, -0.1) is 0 Å². The third kappa shape index (κ3) is 6.58. The molecule has 0 unspecified atom stereocenters. The van der Waals surface area contributed by atoms with Crippen molar-refractivity contribution in [1.82, 2.24) is 5.32 Å². The zero-order valence-corrected chi connectivity index (χ0v) is 14.0. The molecule has 1 rings (SSSR count). The first kappa shape index (κ1) is 20.0. The molecule has 0 atom stereocenters. The van der Waals surface area contributed by atoms with Crippen LogP contribution in [-0.4, -0.2) is 18.5 Å². The summed E-state index contributed by atoms with van der Waals surface area (Å²) in [5.74, 6) is -0.375. The van der Waals surface area contributed by atoms with Gasteiger partial charge in [0, 0.05) is 18.7 Å². The molecule has 0 bridgehead atoms. The van der Waals surface area contributed by atoms with E-state index in [2.05, 4.69) is 17.2 Å². The zero-order valence-electron chi connectivity index (χ0n) is 14.0. The quantitative estimate of drug-likeness (QED) is 0.511. The molecule has 0 aliphatic heterocycles. The number of rotatable bonds is 9. The molecule has 0 aliphatic rings. The number of ketones is 1. The highest BCUT2D eigenvalue weighted by atomic mass is 19.4. The Morgan fingerprint density at radius 2 is 2.00 bits per heavy atom. The summed E-state index contributed by atoms with van der Waals surface area (Å²) in [4.78, 5) is 12.1. The van der Waals surface area contributed by atoms with Crippen molar-refractivity contribution in [2.24, 2.45) is 0 Å². The number of carbonyl (C=O) groups excluding carboxylic acids is 1. The Balaban J connectivity index is 3.03. The van der Waals surface area contributed by atoms with Crippen LogP contribution in [0.25, 0.3) is 0 Å². The SMILES string of the molecule is C=C(/C=C(\Nc1cccc(CNCC)c1)C(=O)CCC)C(F)(F)F. The van der Waals surface area contributed by atoms with Gasteiger partial charge in [-0.2, -0.15) is 13.2 Å². The molecule has 0 radical (unpaired) electrons. The van der Waals surface area contributed by atoms with Gasteiger partial charge < -0.3 is 10.6 Å². The molecule has 0 saturated heterocycles. The van der Waals surface area contributed by atoms with E-state index in [0.717, 1.165) is 18.2 Å². The Hall–Kier alpha value is -2.08. The summed E-state index contributed by atoms with van der Waals surface area (Å²) in [7, 11) is 0. The Kier molecular flexibility index (Phi) is 7.71. The highest BCUT2D eigenvalue weighted by Crippen LogP contribution is 2.26. The third-order valence-electron chi connectivity index (χ3n) is 3.25. The number of halogens is 3. The van der Waals surface area contributed by atoms with E-state index in [1.807, 2.05) is 13.0 Å². The average molecular weight is 340 g/mol. The van der Waals surface area contributed by atoms with Gasteiger partial charge in [0.2, 0.25) is 0 Å². The monoisotopic (exact) mass is 340 g/mol. The first-order chi connectivity index (χ1) is 11.3. The minimum absolute atomic E-state index is 0.0974. The molecule has 24 heavy (non-hydrogen) atoms. The van der Waals surface area contributed by atoms with Crippen LogP contribution in [0.4, 0.5) is 18.9 Å². The molecule has 0 aliphatic carbocycles. The second kappa shape index (κ2) is 9.27. The van der Waals surface area contributed by atoms with Crippen molar-refractivity contribution in [2.75, 3.05) is 11.9 Å². The average Bonchev–Trinajstić information content (AvgIpc) is 2.52. The fourth-order valence-corrected chi connectivity index (χ4v) is 1.99. The van der Waals surface area contributed by atoms with Crippen LogP contribution in [0.5, 0.6) is 0 Å². The van der Waals surface area contributed by atoms with Crippen LogP contribution in [-0.2, 0) is 11.3 Å². The molecule has 132 valence electrons. The molecule has 1 aromatic rings. The van der Waals surface area contributed by atoms with Crippen molar-refractivity contribution < 1.29 is 18.0 Å². The molecule has 2 N–H and O–H groups in total. The lowest BCUT2D eigenvalue weighted by atomic mass is 10.1. The molecule has 0 saturated carbocycles. The summed E-state index contributed by atoms with van der Waals surface area (Å²) >= 11 is 0. The Labute approximate surface area is 140 Å². The molecule has 6 heteroatoms. The van der Waals surface area contributed by atoms with Gasteiger partial charge in [-0.3, -0.25) is 4.79 Å². The molecule has 3 nitrogen and oxygen atoms in total. The van der Waals surface area contributed by atoms with Crippen LogP contribution in [0, 0.1) is 0 Å². The summed E-state index contributed by atoms with van der Waals surface area (Å²) in [5.41, 5.74) is 0.382. The van der Waals surface area contributed by atoms with Crippen molar-refractivity contribution in [3.63, 3.8) is 0 Å². The fourth-order valence-electron chi connectivity index (χ4n) is 1.99. The Morgan fingerprint density at radius 3 is 2.58 bits per heavy atom. The predicted molar refractivity (Wildman–Crippen MR) is 90.6 cm³/mol. The summed E-state index contributed by atoms with van der Waals surface area (Å²) in [6, 6.07) is 7.19. The van der Waals surface area contributed by atoms with Crippen LogP contribution >= 0.6 is 0 Å². The Bertz CT molecular complexity index is 607. The van der Waals surface area contributed by atoms with Gasteiger partial charge in [0.15, 0.2) is 5.78 Å². The van der Waals surface area contributed by atoms with Crippen LogP contribution in [0.3, 0.4) is 0 Å². The number of hydrogen-bond acceptors (Lipinski definition) is 3. The fraction of sp³-hybridized carbons (Fsp3) is 0.389. The smallest absolute Gasteiger partial charge is 0.353 e. The summed E-state index contributed by atoms with van der Waals surface area (Å²) in [6.45, 7) is 8.23. The molecule has 0 aromatic heterocycles. The summed E-state index contributed by atoms with van der Waals surface area (Å²) in [5, 5.41) is 5.97. The molecular formula is C18H23F3N2O. The number of benzene rings is 1. The maximum absolute atomic E-state index is 12.7. The van der Waals surface area contributed by atoms with Gasteiger partial charge in [0.05, 0.1) is 11.3 Å². The second-order valence-corrected chi connectivity index (χ2v) is 5.36. The lowest BCUT2D eigenvalue weighted by Gasteiger charge is -2.13. The number of Topliss-reactive ketones (excluding diaryl/α,β-unsaturated/α-hetero) is 1. The molecule has 0 fully saturated rings. The number of anilines is 1. The molecule has 0 spiro atoms. The standard InChI is InChI=1S/C18H23F3N2O/c1-4-7-17(24)16(10-13(3)18(19,20)21)23-15-9-6-8-14(11-15)12-22-5-2/h6,8-11,22-23H,3-5,7,12H2,1-2H3/b16-10-. The third-order valence-corrected chi connectivity index (χ3v) is 3.25. The van der Waals surface area contributed by atoms with E-state index in [-0.39, 0.29) is 17.9 Å². The van der Waals surface area contributed by atoms with Crippen molar-refractivity contribution in [3.05, 3.63) is 53.8 Å². The largest absolute Gasteiger partial charge is 0.415 e. The zero-order chi connectivity index (χ0) is 18.2. The molecule has 0 heterocycles. The maximum Gasteiger partial charge on any atom is 0.415 e. The minimum atomic E-state index is -4.56. The van der Waals surface area contributed by atoms with E-state index in [0.29, 0.717) is 18.7 Å². The molecule has 0 amide bonds. The van der Waals surface area contributed by atoms with E-state index in [4.69, 9.17) is 0 Å². The minimum Gasteiger partial charge on any atom is -0.353 e. The van der Waals surface area contributed by atoms with Crippen LogP contribution in [0.1, 0.15) is 32.3 Å². The van der Waals surface area contributed by atoms with E-state index < -0.39 is 11.7 Å². The highest BCUT2D eigenvalue weighted by Gasteiger charge is 2.31. The topological polar surface area (TPSA) is 41.1 Å². The number of allylic oxidation sites excluding steroid dienone is 3. The Morgan fingerprint density at radius 1 is 1.29 bits per heavy atom. The van der Waals surface area contributed by atoms with Gasteiger partial charge in [0.1, 0.15) is 0 Å². The predicted octanol–water partition coefficient (Wildman–Crippen LogP) is 4.58. The van der Waals surface area contributed by atoms with Gasteiger partial charge in [-0.25, -0.2) is 0 Å². The second-order valence-electron chi connectivity index (χ2n) is 5.36. The van der Waals surface area contributed by atoms with Gasteiger partial charge >= 0.3 is 6.18 Å². The number of hydrogen-bond donors (Lipinski definition) is 2. The van der Waals surface area contributed by atoms with Crippen LogP contribution in [0.2, 0.25) is 0 Å².